The number of aromatic amines is 1. The van der Waals surface area contributed by atoms with Gasteiger partial charge in [0.1, 0.15) is 10.6 Å². The van der Waals surface area contributed by atoms with Gasteiger partial charge in [0.25, 0.3) is 0 Å². The zero-order valence-electron chi connectivity index (χ0n) is 11.9. The molecule has 0 amide bonds. The van der Waals surface area contributed by atoms with Crippen LogP contribution in [0.5, 0.6) is 5.75 Å². The number of nitrogens with zero attached hydrogens (tertiary/aromatic N) is 1. The maximum absolute atomic E-state index is 12.4. The summed E-state index contributed by atoms with van der Waals surface area (Å²) in [5.74, 6) is 0.675. The molecule has 0 aliphatic rings. The van der Waals surface area contributed by atoms with Crippen molar-refractivity contribution in [1.82, 2.24) is 14.9 Å². The third kappa shape index (κ3) is 3.41. The molecule has 0 unspecified atom stereocenters. The van der Waals surface area contributed by atoms with Crippen LogP contribution in [0.1, 0.15) is 17.0 Å². The van der Waals surface area contributed by atoms with Gasteiger partial charge in [-0.2, -0.15) is 5.10 Å². The van der Waals surface area contributed by atoms with Crippen LogP contribution >= 0.6 is 0 Å². The second-order valence-electron chi connectivity index (χ2n) is 4.50. The first-order valence-electron chi connectivity index (χ1n) is 6.34. The molecular weight excluding hydrogens is 292 g/mol. The minimum Gasteiger partial charge on any atom is -0.497 e. The molecule has 8 heteroatoms. The Labute approximate surface area is 123 Å². The maximum Gasteiger partial charge on any atom is 0.244 e. The van der Waals surface area contributed by atoms with Crippen LogP contribution in [0.4, 0.5) is 0 Å². The van der Waals surface area contributed by atoms with Gasteiger partial charge in [-0.3, -0.25) is 5.10 Å². The molecule has 2 rings (SSSR count). The highest BCUT2D eigenvalue weighted by Crippen LogP contribution is 2.18. The number of methoxy groups -OCH3 is 1. The fourth-order valence-corrected chi connectivity index (χ4v) is 3.39. The normalized spacial score (nSPS) is 11.6. The Bertz CT molecular complexity index is 725. The van der Waals surface area contributed by atoms with Gasteiger partial charge in [0, 0.05) is 13.1 Å². The summed E-state index contributed by atoms with van der Waals surface area (Å²) in [6, 6.07) is 7.19. The number of sulfonamides is 1. The monoisotopic (exact) mass is 310 g/mol. The largest absolute Gasteiger partial charge is 0.497 e. The number of aromatic nitrogens is 2. The SMILES string of the molecule is COc1cccc(CNS(=O)(=O)c2c(CN)n[nH]c2C)c1. The Kier molecular flexibility index (Phi) is 4.61. The third-order valence-corrected chi connectivity index (χ3v) is 4.63. The Morgan fingerprint density at radius 3 is 2.86 bits per heavy atom. The van der Waals surface area contributed by atoms with E-state index in [-0.39, 0.29) is 18.0 Å². The average molecular weight is 310 g/mol. The number of hydrogen-bond donors (Lipinski definition) is 3. The highest BCUT2D eigenvalue weighted by atomic mass is 32.2. The van der Waals surface area contributed by atoms with Crippen molar-refractivity contribution in [3.8, 4) is 5.75 Å². The van der Waals surface area contributed by atoms with E-state index in [9.17, 15) is 8.42 Å². The number of ether oxygens (including phenoxy) is 1. The molecule has 0 spiro atoms. The topological polar surface area (TPSA) is 110 Å². The summed E-state index contributed by atoms with van der Waals surface area (Å²) in [4.78, 5) is 0.118. The number of rotatable bonds is 6. The average Bonchev–Trinajstić information content (AvgIpc) is 2.87. The van der Waals surface area contributed by atoms with E-state index in [1.807, 2.05) is 6.07 Å². The predicted octanol–water partition coefficient (Wildman–Crippen LogP) is 0.664. The van der Waals surface area contributed by atoms with Crippen LogP contribution in [0.2, 0.25) is 0 Å². The molecule has 1 aromatic carbocycles. The first-order valence-corrected chi connectivity index (χ1v) is 7.82. The molecule has 4 N–H and O–H groups in total. The summed E-state index contributed by atoms with van der Waals surface area (Å²) < 4.78 is 32.4. The number of benzene rings is 1. The molecule has 0 saturated heterocycles. The van der Waals surface area contributed by atoms with E-state index in [0.29, 0.717) is 17.1 Å². The van der Waals surface area contributed by atoms with Crippen molar-refractivity contribution < 1.29 is 13.2 Å². The molecule has 7 nitrogen and oxygen atoms in total. The zero-order chi connectivity index (χ0) is 15.5. The van der Waals surface area contributed by atoms with E-state index in [4.69, 9.17) is 10.5 Å². The lowest BCUT2D eigenvalue weighted by Crippen LogP contribution is -2.25. The van der Waals surface area contributed by atoms with Gasteiger partial charge >= 0.3 is 0 Å². The lowest BCUT2D eigenvalue weighted by molar-refractivity contribution is 0.414. The van der Waals surface area contributed by atoms with Gasteiger partial charge in [-0.1, -0.05) is 12.1 Å². The van der Waals surface area contributed by atoms with Gasteiger partial charge in [-0.25, -0.2) is 13.1 Å². The van der Waals surface area contributed by atoms with Crippen molar-refractivity contribution in [2.24, 2.45) is 5.73 Å². The molecule has 0 aliphatic carbocycles. The number of H-pyrrole nitrogens is 1. The molecule has 0 radical (unpaired) electrons. The maximum atomic E-state index is 12.4. The van der Waals surface area contributed by atoms with Crippen LogP contribution in [-0.4, -0.2) is 25.7 Å². The van der Waals surface area contributed by atoms with Gasteiger partial charge in [0.2, 0.25) is 10.0 Å². The van der Waals surface area contributed by atoms with Crippen molar-refractivity contribution >= 4 is 10.0 Å². The van der Waals surface area contributed by atoms with Gasteiger partial charge in [-0.15, -0.1) is 0 Å². The highest BCUT2D eigenvalue weighted by molar-refractivity contribution is 7.89. The molecule has 0 saturated carbocycles. The van der Waals surface area contributed by atoms with Gasteiger partial charge < -0.3 is 10.5 Å². The quantitative estimate of drug-likeness (QED) is 0.726. The molecular formula is C13H18N4O3S. The number of aryl methyl sites for hydroxylation is 1. The fourth-order valence-electron chi connectivity index (χ4n) is 2.00. The molecule has 1 heterocycles. The van der Waals surface area contributed by atoms with E-state index >= 15 is 0 Å². The molecule has 0 aliphatic heterocycles. The van der Waals surface area contributed by atoms with Gasteiger partial charge in [-0.05, 0) is 24.6 Å². The second kappa shape index (κ2) is 6.25. The van der Waals surface area contributed by atoms with Crippen molar-refractivity contribution in [2.75, 3.05) is 7.11 Å². The first kappa shape index (κ1) is 15.5. The van der Waals surface area contributed by atoms with Crippen molar-refractivity contribution in [3.05, 3.63) is 41.2 Å². The summed E-state index contributed by atoms with van der Waals surface area (Å²) in [6.07, 6.45) is 0. The van der Waals surface area contributed by atoms with Gasteiger partial charge in [0.05, 0.1) is 18.5 Å². The smallest absolute Gasteiger partial charge is 0.244 e. The van der Waals surface area contributed by atoms with Crippen LogP contribution in [-0.2, 0) is 23.1 Å². The standard InChI is InChI=1S/C13H18N4O3S/c1-9-13(12(7-14)17-16-9)21(18,19)15-8-10-4-3-5-11(6-10)20-2/h3-6,15H,7-8,14H2,1-2H3,(H,16,17). The van der Waals surface area contributed by atoms with E-state index in [0.717, 1.165) is 5.56 Å². The summed E-state index contributed by atoms with van der Waals surface area (Å²) >= 11 is 0. The molecule has 2 aromatic rings. The van der Waals surface area contributed by atoms with Crippen molar-refractivity contribution in [1.29, 1.82) is 0 Å². The lowest BCUT2D eigenvalue weighted by Gasteiger charge is -2.08. The van der Waals surface area contributed by atoms with E-state index in [1.165, 1.54) is 0 Å². The number of hydrogen-bond acceptors (Lipinski definition) is 5. The van der Waals surface area contributed by atoms with Gasteiger partial charge in [0.15, 0.2) is 0 Å². The lowest BCUT2D eigenvalue weighted by atomic mass is 10.2. The summed E-state index contributed by atoms with van der Waals surface area (Å²) in [7, 11) is -2.11. The molecule has 0 atom stereocenters. The predicted molar refractivity (Wildman–Crippen MR) is 78.2 cm³/mol. The minimum atomic E-state index is -3.67. The minimum absolute atomic E-state index is 0.0553. The Balaban J connectivity index is 2.19. The molecule has 1 aromatic heterocycles. The Morgan fingerprint density at radius 2 is 2.19 bits per heavy atom. The summed E-state index contributed by atoms with van der Waals surface area (Å²) in [6.45, 7) is 1.86. The molecule has 21 heavy (non-hydrogen) atoms. The zero-order valence-corrected chi connectivity index (χ0v) is 12.7. The van der Waals surface area contributed by atoms with Crippen LogP contribution in [0.3, 0.4) is 0 Å². The van der Waals surface area contributed by atoms with Crippen LogP contribution in [0, 0.1) is 6.92 Å². The molecule has 114 valence electrons. The van der Waals surface area contributed by atoms with Crippen molar-refractivity contribution in [3.63, 3.8) is 0 Å². The second-order valence-corrected chi connectivity index (χ2v) is 6.21. The van der Waals surface area contributed by atoms with E-state index in [1.54, 1.807) is 32.2 Å². The van der Waals surface area contributed by atoms with E-state index in [2.05, 4.69) is 14.9 Å². The van der Waals surface area contributed by atoms with E-state index < -0.39 is 10.0 Å². The Hall–Kier alpha value is -1.90. The van der Waals surface area contributed by atoms with Crippen molar-refractivity contribution in [2.45, 2.75) is 24.9 Å². The molecule has 0 bridgehead atoms. The summed E-state index contributed by atoms with van der Waals surface area (Å²) in [5.41, 5.74) is 7.10. The van der Waals surface area contributed by atoms with Crippen LogP contribution < -0.4 is 15.2 Å². The highest BCUT2D eigenvalue weighted by Gasteiger charge is 2.23. The number of nitrogens with one attached hydrogen (secondary N) is 2. The fraction of sp³-hybridized carbons (Fsp3) is 0.308. The Morgan fingerprint density at radius 1 is 1.43 bits per heavy atom. The molecule has 0 fully saturated rings. The van der Waals surface area contributed by atoms with Crippen LogP contribution in [0.15, 0.2) is 29.2 Å². The third-order valence-electron chi connectivity index (χ3n) is 3.02. The first-order chi connectivity index (χ1) is 9.97. The number of nitrogens with two attached hydrogens (primary N) is 1. The summed E-state index contributed by atoms with van der Waals surface area (Å²) in [5, 5.41) is 6.54. The van der Waals surface area contributed by atoms with Crippen LogP contribution in [0.25, 0.3) is 0 Å².